The van der Waals surface area contributed by atoms with Crippen LogP contribution in [0.2, 0.25) is 0 Å². The monoisotopic (exact) mass is 275 g/mol. The van der Waals surface area contributed by atoms with Crippen molar-refractivity contribution < 1.29 is 9.47 Å². The van der Waals surface area contributed by atoms with E-state index in [1.54, 1.807) is 0 Å². The lowest BCUT2D eigenvalue weighted by Gasteiger charge is -2.26. The van der Waals surface area contributed by atoms with Gasteiger partial charge in [-0.05, 0) is 37.7 Å². The first-order valence-electron chi connectivity index (χ1n) is 7.93. The summed E-state index contributed by atoms with van der Waals surface area (Å²) < 4.78 is 11.9. The molecule has 0 aromatic heterocycles. The minimum absolute atomic E-state index is 0.141. The summed E-state index contributed by atoms with van der Waals surface area (Å²) in [6.07, 6.45) is 6.66. The van der Waals surface area contributed by atoms with Gasteiger partial charge in [0.1, 0.15) is 0 Å². The zero-order valence-corrected chi connectivity index (χ0v) is 12.1. The third kappa shape index (κ3) is 4.30. The molecular formula is C17H25NO2. The van der Waals surface area contributed by atoms with E-state index in [1.807, 2.05) is 0 Å². The molecule has 2 fully saturated rings. The lowest BCUT2D eigenvalue weighted by molar-refractivity contribution is -0.0634. The van der Waals surface area contributed by atoms with Crippen molar-refractivity contribution >= 4 is 0 Å². The fraction of sp³-hybridized carbons (Fsp3) is 0.647. The first-order chi connectivity index (χ1) is 9.92. The van der Waals surface area contributed by atoms with Crippen molar-refractivity contribution in [3.8, 4) is 0 Å². The average Bonchev–Trinajstić information content (AvgIpc) is 3.33. The van der Waals surface area contributed by atoms with E-state index in [-0.39, 0.29) is 12.2 Å². The van der Waals surface area contributed by atoms with Gasteiger partial charge in [0.15, 0.2) is 0 Å². The predicted octanol–water partition coefficient (Wildman–Crippen LogP) is 3.07. The van der Waals surface area contributed by atoms with Gasteiger partial charge >= 0.3 is 0 Å². The molecule has 20 heavy (non-hydrogen) atoms. The van der Waals surface area contributed by atoms with Gasteiger partial charge in [0.05, 0.1) is 18.8 Å². The van der Waals surface area contributed by atoms with Crippen LogP contribution in [0.5, 0.6) is 0 Å². The smallest absolute Gasteiger partial charge is 0.0950 e. The van der Waals surface area contributed by atoms with Crippen LogP contribution in [0.3, 0.4) is 0 Å². The summed E-state index contributed by atoms with van der Waals surface area (Å²) in [5, 5.41) is 3.58. The first-order valence-corrected chi connectivity index (χ1v) is 7.93. The highest BCUT2D eigenvalue weighted by Gasteiger charge is 2.23. The summed E-state index contributed by atoms with van der Waals surface area (Å²) in [6.45, 7) is 2.51. The fourth-order valence-electron chi connectivity index (χ4n) is 2.66. The van der Waals surface area contributed by atoms with Crippen LogP contribution in [0, 0.1) is 0 Å². The molecule has 3 nitrogen and oxygen atoms in total. The van der Waals surface area contributed by atoms with Crippen molar-refractivity contribution in [3.63, 3.8) is 0 Å². The molecule has 110 valence electrons. The molecule has 0 radical (unpaired) electrons. The van der Waals surface area contributed by atoms with Crippen LogP contribution in [-0.2, 0) is 9.47 Å². The molecular weight excluding hydrogens is 250 g/mol. The molecule has 3 rings (SSSR count). The zero-order chi connectivity index (χ0) is 13.6. The van der Waals surface area contributed by atoms with E-state index in [1.165, 1.54) is 31.2 Å². The molecule has 2 unspecified atom stereocenters. The highest BCUT2D eigenvalue weighted by Crippen LogP contribution is 2.23. The quantitative estimate of drug-likeness (QED) is 0.829. The third-order valence-corrected chi connectivity index (χ3v) is 4.10. The topological polar surface area (TPSA) is 30.5 Å². The normalized spacial score (nSPS) is 24.5. The number of rotatable bonds is 7. The van der Waals surface area contributed by atoms with Gasteiger partial charge < -0.3 is 14.8 Å². The minimum Gasteiger partial charge on any atom is -0.376 e. The number of benzene rings is 1. The van der Waals surface area contributed by atoms with E-state index in [9.17, 15) is 0 Å². The Morgan fingerprint density at radius 3 is 2.70 bits per heavy atom. The van der Waals surface area contributed by atoms with Gasteiger partial charge in [0.25, 0.3) is 0 Å². The highest BCUT2D eigenvalue weighted by molar-refractivity contribution is 5.18. The van der Waals surface area contributed by atoms with Crippen LogP contribution >= 0.6 is 0 Å². The molecule has 3 heteroatoms. The van der Waals surface area contributed by atoms with Crippen LogP contribution in [0.25, 0.3) is 0 Å². The zero-order valence-electron chi connectivity index (χ0n) is 12.1. The first kappa shape index (κ1) is 14.1. The molecule has 1 saturated heterocycles. The maximum absolute atomic E-state index is 6.16. The molecule has 2 atom stereocenters. The molecule has 1 heterocycles. The third-order valence-electron chi connectivity index (χ3n) is 4.10. The van der Waals surface area contributed by atoms with E-state index >= 15 is 0 Å². The SMILES string of the molecule is c1ccc(C(CNC2CC2)OCC2CCCCO2)cc1. The molecule has 1 aromatic carbocycles. The van der Waals surface area contributed by atoms with Crippen molar-refractivity contribution in [3.05, 3.63) is 35.9 Å². The Morgan fingerprint density at radius 1 is 1.15 bits per heavy atom. The molecule has 0 amide bonds. The molecule has 0 spiro atoms. The maximum Gasteiger partial charge on any atom is 0.0950 e. The Kier molecular flexibility index (Phi) is 5.06. The number of hydrogen-bond donors (Lipinski definition) is 1. The number of nitrogens with one attached hydrogen (secondary N) is 1. The number of hydrogen-bond acceptors (Lipinski definition) is 3. The van der Waals surface area contributed by atoms with Crippen molar-refractivity contribution in [2.24, 2.45) is 0 Å². The Labute approximate surface area is 121 Å². The van der Waals surface area contributed by atoms with Gasteiger partial charge in [-0.3, -0.25) is 0 Å². The lowest BCUT2D eigenvalue weighted by atomic mass is 10.1. The Hall–Kier alpha value is -0.900. The van der Waals surface area contributed by atoms with Gasteiger partial charge in [0, 0.05) is 19.2 Å². The molecule has 1 aliphatic carbocycles. The Morgan fingerprint density at radius 2 is 2.00 bits per heavy atom. The minimum atomic E-state index is 0.141. The van der Waals surface area contributed by atoms with Gasteiger partial charge in [-0.15, -0.1) is 0 Å². The van der Waals surface area contributed by atoms with E-state index in [2.05, 4.69) is 35.6 Å². The fourth-order valence-corrected chi connectivity index (χ4v) is 2.66. The van der Waals surface area contributed by atoms with Crippen LogP contribution in [0.15, 0.2) is 30.3 Å². The van der Waals surface area contributed by atoms with Crippen molar-refractivity contribution in [1.82, 2.24) is 5.32 Å². The van der Waals surface area contributed by atoms with Crippen LogP contribution in [0.4, 0.5) is 0 Å². The van der Waals surface area contributed by atoms with E-state index in [0.29, 0.717) is 6.61 Å². The van der Waals surface area contributed by atoms with Gasteiger partial charge in [-0.1, -0.05) is 30.3 Å². The summed E-state index contributed by atoms with van der Waals surface area (Å²) in [6, 6.07) is 11.2. The van der Waals surface area contributed by atoms with Gasteiger partial charge in [0.2, 0.25) is 0 Å². The molecule has 1 N–H and O–H groups in total. The summed E-state index contributed by atoms with van der Waals surface area (Å²) >= 11 is 0. The Balaban J connectivity index is 1.53. The van der Waals surface area contributed by atoms with E-state index in [0.717, 1.165) is 25.6 Å². The maximum atomic E-state index is 6.16. The molecule has 2 aliphatic rings. The van der Waals surface area contributed by atoms with Gasteiger partial charge in [-0.25, -0.2) is 0 Å². The summed E-state index contributed by atoms with van der Waals surface area (Å²) in [5.41, 5.74) is 1.26. The van der Waals surface area contributed by atoms with Crippen LogP contribution in [-0.4, -0.2) is 31.9 Å². The van der Waals surface area contributed by atoms with Crippen molar-refractivity contribution in [1.29, 1.82) is 0 Å². The molecule has 1 aliphatic heterocycles. The lowest BCUT2D eigenvalue weighted by Crippen LogP contribution is -2.29. The van der Waals surface area contributed by atoms with Crippen LogP contribution in [0.1, 0.15) is 43.8 Å². The number of ether oxygens (including phenoxy) is 2. The van der Waals surface area contributed by atoms with E-state index < -0.39 is 0 Å². The predicted molar refractivity (Wildman–Crippen MR) is 79.8 cm³/mol. The average molecular weight is 275 g/mol. The summed E-state index contributed by atoms with van der Waals surface area (Å²) in [5.74, 6) is 0. The molecule has 0 bridgehead atoms. The van der Waals surface area contributed by atoms with Crippen molar-refractivity contribution in [2.75, 3.05) is 19.8 Å². The second kappa shape index (κ2) is 7.21. The van der Waals surface area contributed by atoms with Gasteiger partial charge in [-0.2, -0.15) is 0 Å². The standard InChI is InChI=1S/C17H25NO2/c1-2-6-14(7-3-1)17(12-18-15-9-10-15)20-13-16-8-4-5-11-19-16/h1-3,6-7,15-18H,4-5,8-13H2. The molecule has 1 aromatic rings. The molecule has 1 saturated carbocycles. The largest absolute Gasteiger partial charge is 0.376 e. The van der Waals surface area contributed by atoms with E-state index in [4.69, 9.17) is 9.47 Å². The second-order valence-electron chi connectivity index (χ2n) is 5.90. The summed E-state index contributed by atoms with van der Waals surface area (Å²) in [7, 11) is 0. The van der Waals surface area contributed by atoms with Crippen molar-refractivity contribution in [2.45, 2.75) is 50.4 Å². The van der Waals surface area contributed by atoms with Crippen LogP contribution < -0.4 is 5.32 Å². The summed E-state index contributed by atoms with van der Waals surface area (Å²) in [4.78, 5) is 0. The Bertz CT molecular complexity index is 385. The highest BCUT2D eigenvalue weighted by atomic mass is 16.5. The second-order valence-corrected chi connectivity index (χ2v) is 5.90.